The zero-order valence-corrected chi connectivity index (χ0v) is 16.7. The number of thiazole rings is 1. The molecular weight excluding hydrogens is 423 g/mol. The SMILES string of the molecule is CN=C(NCc1ncc(C)s1)NCC(OC)c1ccccc1.I. The first-order chi connectivity index (χ1) is 10.7. The van der Waals surface area contributed by atoms with Crippen molar-refractivity contribution in [2.75, 3.05) is 20.7 Å². The van der Waals surface area contributed by atoms with Gasteiger partial charge < -0.3 is 15.4 Å². The quantitative estimate of drug-likeness (QED) is 0.407. The van der Waals surface area contributed by atoms with Gasteiger partial charge in [0.25, 0.3) is 0 Å². The number of hydrogen-bond acceptors (Lipinski definition) is 4. The van der Waals surface area contributed by atoms with E-state index in [2.05, 4.69) is 39.7 Å². The first kappa shape index (κ1) is 19.9. The monoisotopic (exact) mass is 446 g/mol. The molecule has 126 valence electrons. The maximum Gasteiger partial charge on any atom is 0.191 e. The second kappa shape index (κ2) is 10.6. The summed E-state index contributed by atoms with van der Waals surface area (Å²) in [5.74, 6) is 0.742. The summed E-state index contributed by atoms with van der Waals surface area (Å²) < 4.78 is 5.54. The average molecular weight is 446 g/mol. The van der Waals surface area contributed by atoms with Crippen molar-refractivity contribution in [3.05, 3.63) is 52.0 Å². The van der Waals surface area contributed by atoms with E-state index < -0.39 is 0 Å². The van der Waals surface area contributed by atoms with Crippen LogP contribution in [0.2, 0.25) is 0 Å². The molecule has 0 spiro atoms. The molecule has 0 bridgehead atoms. The van der Waals surface area contributed by atoms with E-state index >= 15 is 0 Å². The summed E-state index contributed by atoms with van der Waals surface area (Å²) >= 11 is 1.68. The highest BCUT2D eigenvalue weighted by Gasteiger charge is 2.10. The van der Waals surface area contributed by atoms with Crippen molar-refractivity contribution in [2.24, 2.45) is 4.99 Å². The molecule has 1 atom stereocenters. The standard InChI is InChI=1S/C16H22N4OS.HI/c1-12-9-18-15(22-12)11-20-16(17-2)19-10-14(21-3)13-7-5-4-6-8-13;/h4-9,14H,10-11H2,1-3H3,(H2,17,19,20);1H. The molecule has 2 rings (SSSR count). The Morgan fingerprint density at radius 1 is 1.30 bits per heavy atom. The lowest BCUT2D eigenvalue weighted by Gasteiger charge is -2.18. The van der Waals surface area contributed by atoms with Crippen LogP contribution in [-0.2, 0) is 11.3 Å². The van der Waals surface area contributed by atoms with Gasteiger partial charge in [-0.2, -0.15) is 0 Å². The summed E-state index contributed by atoms with van der Waals surface area (Å²) in [5, 5.41) is 7.60. The fourth-order valence-corrected chi connectivity index (χ4v) is 2.78. The van der Waals surface area contributed by atoms with E-state index in [0.29, 0.717) is 13.1 Å². The molecule has 1 unspecified atom stereocenters. The molecule has 2 N–H and O–H groups in total. The number of benzene rings is 1. The fourth-order valence-electron chi connectivity index (χ4n) is 2.06. The van der Waals surface area contributed by atoms with Crippen molar-refractivity contribution in [1.29, 1.82) is 0 Å². The Morgan fingerprint density at radius 2 is 2.04 bits per heavy atom. The number of hydrogen-bond donors (Lipinski definition) is 2. The van der Waals surface area contributed by atoms with Gasteiger partial charge in [-0.1, -0.05) is 30.3 Å². The first-order valence-corrected chi connectivity index (χ1v) is 7.98. The van der Waals surface area contributed by atoms with Gasteiger partial charge in [0.2, 0.25) is 0 Å². The van der Waals surface area contributed by atoms with Gasteiger partial charge in [0, 0.05) is 31.8 Å². The van der Waals surface area contributed by atoms with Crippen LogP contribution in [0.3, 0.4) is 0 Å². The molecule has 0 amide bonds. The maximum absolute atomic E-state index is 5.54. The highest BCUT2D eigenvalue weighted by atomic mass is 127. The van der Waals surface area contributed by atoms with E-state index in [9.17, 15) is 0 Å². The molecule has 0 saturated carbocycles. The second-order valence-electron chi connectivity index (χ2n) is 4.81. The second-order valence-corrected chi connectivity index (χ2v) is 6.13. The van der Waals surface area contributed by atoms with Gasteiger partial charge in [-0.25, -0.2) is 4.98 Å². The number of nitrogens with zero attached hydrogens (tertiary/aromatic N) is 2. The fraction of sp³-hybridized carbons (Fsp3) is 0.375. The summed E-state index contributed by atoms with van der Waals surface area (Å²) in [6.45, 7) is 3.37. The minimum absolute atomic E-state index is 0. The van der Waals surface area contributed by atoms with Crippen LogP contribution in [0.15, 0.2) is 41.5 Å². The first-order valence-electron chi connectivity index (χ1n) is 7.16. The van der Waals surface area contributed by atoms with E-state index in [0.717, 1.165) is 16.5 Å². The molecule has 0 aliphatic carbocycles. The molecule has 0 aliphatic rings. The smallest absolute Gasteiger partial charge is 0.191 e. The number of guanidine groups is 1. The molecule has 7 heteroatoms. The number of methoxy groups -OCH3 is 1. The largest absolute Gasteiger partial charge is 0.375 e. The van der Waals surface area contributed by atoms with E-state index in [1.807, 2.05) is 24.4 Å². The third-order valence-electron chi connectivity index (χ3n) is 3.21. The van der Waals surface area contributed by atoms with Crippen LogP contribution in [0.25, 0.3) is 0 Å². The van der Waals surface area contributed by atoms with Crippen molar-refractivity contribution in [3.63, 3.8) is 0 Å². The minimum Gasteiger partial charge on any atom is -0.375 e. The van der Waals surface area contributed by atoms with E-state index in [4.69, 9.17) is 4.74 Å². The summed E-state index contributed by atoms with van der Waals surface area (Å²) in [5.41, 5.74) is 1.14. The number of ether oxygens (including phenoxy) is 1. The molecule has 23 heavy (non-hydrogen) atoms. The maximum atomic E-state index is 5.54. The van der Waals surface area contributed by atoms with Crippen LogP contribution >= 0.6 is 35.3 Å². The molecule has 1 heterocycles. The van der Waals surface area contributed by atoms with Crippen LogP contribution in [0, 0.1) is 6.92 Å². The van der Waals surface area contributed by atoms with Gasteiger partial charge in [0.15, 0.2) is 5.96 Å². The lowest BCUT2D eigenvalue weighted by Crippen LogP contribution is -2.39. The topological polar surface area (TPSA) is 58.5 Å². The molecule has 2 aromatic rings. The van der Waals surface area contributed by atoms with Crippen molar-refractivity contribution in [3.8, 4) is 0 Å². The lowest BCUT2D eigenvalue weighted by atomic mass is 10.1. The minimum atomic E-state index is -0.0122. The van der Waals surface area contributed by atoms with Crippen molar-refractivity contribution < 1.29 is 4.74 Å². The molecule has 1 aromatic heterocycles. The number of halogens is 1. The van der Waals surface area contributed by atoms with Crippen LogP contribution in [-0.4, -0.2) is 31.6 Å². The molecule has 0 radical (unpaired) electrons. The van der Waals surface area contributed by atoms with E-state index in [-0.39, 0.29) is 30.1 Å². The Hall–Kier alpha value is -1.19. The van der Waals surface area contributed by atoms with Crippen LogP contribution in [0.5, 0.6) is 0 Å². The molecule has 0 aliphatic heterocycles. The predicted octanol–water partition coefficient (Wildman–Crippen LogP) is 3.12. The van der Waals surface area contributed by atoms with Crippen LogP contribution in [0.1, 0.15) is 21.6 Å². The van der Waals surface area contributed by atoms with E-state index in [1.165, 1.54) is 4.88 Å². The third-order valence-corrected chi connectivity index (χ3v) is 4.12. The Bertz CT molecular complexity index is 603. The predicted molar refractivity (Wildman–Crippen MR) is 107 cm³/mol. The van der Waals surface area contributed by atoms with Crippen molar-refractivity contribution in [2.45, 2.75) is 19.6 Å². The molecule has 0 saturated heterocycles. The van der Waals surface area contributed by atoms with Gasteiger partial charge in [-0.05, 0) is 12.5 Å². The summed E-state index contributed by atoms with van der Waals surface area (Å²) in [4.78, 5) is 9.77. The van der Waals surface area contributed by atoms with Gasteiger partial charge in [-0.15, -0.1) is 35.3 Å². The number of aliphatic imine (C=N–C) groups is 1. The van der Waals surface area contributed by atoms with Crippen LogP contribution < -0.4 is 10.6 Å². The van der Waals surface area contributed by atoms with Crippen LogP contribution in [0.4, 0.5) is 0 Å². The number of aromatic nitrogens is 1. The zero-order chi connectivity index (χ0) is 15.8. The van der Waals surface area contributed by atoms with E-state index in [1.54, 1.807) is 25.5 Å². The number of nitrogens with one attached hydrogen (secondary N) is 2. The number of aryl methyl sites for hydroxylation is 1. The normalized spacial score (nSPS) is 12.4. The molecule has 5 nitrogen and oxygen atoms in total. The zero-order valence-electron chi connectivity index (χ0n) is 13.6. The molecule has 1 aromatic carbocycles. The summed E-state index contributed by atoms with van der Waals surface area (Å²) in [6, 6.07) is 10.1. The highest BCUT2D eigenvalue weighted by Crippen LogP contribution is 2.14. The average Bonchev–Trinajstić information content (AvgIpc) is 2.97. The lowest BCUT2D eigenvalue weighted by molar-refractivity contribution is 0.106. The Labute approximate surface area is 158 Å². The molecular formula is C16H23IN4OS. The van der Waals surface area contributed by atoms with Gasteiger partial charge in [0.05, 0.1) is 12.6 Å². The van der Waals surface area contributed by atoms with Crippen molar-refractivity contribution in [1.82, 2.24) is 15.6 Å². The highest BCUT2D eigenvalue weighted by molar-refractivity contribution is 14.0. The molecule has 0 fully saturated rings. The summed E-state index contributed by atoms with van der Waals surface area (Å²) in [7, 11) is 3.47. The Morgan fingerprint density at radius 3 is 2.61 bits per heavy atom. The number of rotatable bonds is 6. The van der Waals surface area contributed by atoms with Gasteiger partial charge in [-0.3, -0.25) is 4.99 Å². The van der Waals surface area contributed by atoms with Gasteiger partial charge in [0.1, 0.15) is 5.01 Å². The summed E-state index contributed by atoms with van der Waals surface area (Å²) in [6.07, 6.45) is 1.87. The third kappa shape index (κ3) is 6.44. The Balaban J connectivity index is 0.00000264. The van der Waals surface area contributed by atoms with Gasteiger partial charge >= 0.3 is 0 Å². The Kier molecular flexibility index (Phi) is 9.12. The van der Waals surface area contributed by atoms with Crippen molar-refractivity contribution >= 4 is 41.3 Å².